The molecule has 1 aliphatic heterocycles. The molecule has 1 unspecified atom stereocenters. The summed E-state index contributed by atoms with van der Waals surface area (Å²) in [6.45, 7) is 4.82. The first-order valence-corrected chi connectivity index (χ1v) is 8.79. The van der Waals surface area contributed by atoms with Crippen LogP contribution in [0.3, 0.4) is 0 Å². The van der Waals surface area contributed by atoms with Crippen molar-refractivity contribution in [2.75, 3.05) is 26.1 Å². The monoisotopic (exact) mass is 359 g/mol. The van der Waals surface area contributed by atoms with Crippen LogP contribution in [0.4, 0.5) is 10.5 Å². The van der Waals surface area contributed by atoms with E-state index in [4.69, 9.17) is 14.0 Å². The first-order chi connectivity index (χ1) is 12.5. The van der Waals surface area contributed by atoms with E-state index < -0.39 is 0 Å². The fourth-order valence-corrected chi connectivity index (χ4v) is 3.15. The van der Waals surface area contributed by atoms with Crippen LogP contribution in [0.1, 0.15) is 50.1 Å². The molecule has 0 bridgehead atoms. The number of aromatic nitrogens is 1. The highest BCUT2D eigenvalue weighted by Gasteiger charge is 2.33. The van der Waals surface area contributed by atoms with Crippen LogP contribution in [-0.2, 0) is 0 Å². The molecule has 0 spiro atoms. The van der Waals surface area contributed by atoms with E-state index >= 15 is 0 Å². The predicted molar refractivity (Wildman–Crippen MR) is 97.8 cm³/mol. The second kappa shape index (κ2) is 7.68. The summed E-state index contributed by atoms with van der Waals surface area (Å²) in [7, 11) is 3.14. The van der Waals surface area contributed by atoms with Crippen molar-refractivity contribution in [3.8, 4) is 11.5 Å². The lowest BCUT2D eigenvalue weighted by molar-refractivity contribution is 0.195. The SMILES string of the molecule is COc1ccc(NC(=O)N2CCCC2c2cc(C(C)C)no2)cc1OC. The van der Waals surface area contributed by atoms with Crippen LogP contribution >= 0.6 is 0 Å². The van der Waals surface area contributed by atoms with Crippen molar-refractivity contribution in [2.24, 2.45) is 0 Å². The third kappa shape index (κ3) is 3.61. The molecule has 2 amide bonds. The summed E-state index contributed by atoms with van der Waals surface area (Å²) in [5, 5.41) is 7.04. The van der Waals surface area contributed by atoms with Crippen molar-refractivity contribution in [3.63, 3.8) is 0 Å². The van der Waals surface area contributed by atoms with Gasteiger partial charge in [-0.3, -0.25) is 0 Å². The molecule has 1 aromatic heterocycles. The molecule has 140 valence electrons. The molecule has 7 nitrogen and oxygen atoms in total. The van der Waals surface area contributed by atoms with E-state index in [-0.39, 0.29) is 12.1 Å². The number of likely N-dealkylation sites (tertiary alicyclic amines) is 1. The van der Waals surface area contributed by atoms with Crippen molar-refractivity contribution in [1.82, 2.24) is 10.1 Å². The standard InChI is InChI=1S/C19H25N3O4/c1-12(2)14-11-17(26-21-14)15-6-5-9-22(15)19(23)20-13-7-8-16(24-3)18(10-13)25-4/h7-8,10-12,15H,5-6,9H2,1-4H3,(H,20,23). The van der Waals surface area contributed by atoms with E-state index in [0.29, 0.717) is 29.6 Å². The van der Waals surface area contributed by atoms with Crippen molar-refractivity contribution in [2.45, 2.75) is 38.6 Å². The minimum Gasteiger partial charge on any atom is -0.493 e. The lowest BCUT2D eigenvalue weighted by atomic mass is 10.1. The summed E-state index contributed by atoms with van der Waals surface area (Å²) in [5.74, 6) is 2.23. The van der Waals surface area contributed by atoms with Gasteiger partial charge in [-0.2, -0.15) is 0 Å². The summed E-state index contributed by atoms with van der Waals surface area (Å²) in [6, 6.07) is 7.00. The maximum absolute atomic E-state index is 12.8. The highest BCUT2D eigenvalue weighted by molar-refractivity contribution is 5.90. The summed E-state index contributed by atoms with van der Waals surface area (Å²) in [5.41, 5.74) is 1.56. The number of nitrogens with zero attached hydrogens (tertiary/aromatic N) is 2. The Kier molecular flexibility index (Phi) is 5.35. The molecule has 26 heavy (non-hydrogen) atoms. The van der Waals surface area contributed by atoms with Crippen LogP contribution in [0.2, 0.25) is 0 Å². The van der Waals surface area contributed by atoms with E-state index in [1.54, 1.807) is 37.3 Å². The summed E-state index contributed by atoms with van der Waals surface area (Å²) >= 11 is 0. The number of methoxy groups -OCH3 is 2. The summed E-state index contributed by atoms with van der Waals surface area (Å²) in [4.78, 5) is 14.6. The molecule has 1 fully saturated rings. The molecule has 1 atom stereocenters. The van der Waals surface area contributed by atoms with Crippen LogP contribution < -0.4 is 14.8 Å². The molecular formula is C19H25N3O4. The van der Waals surface area contributed by atoms with Crippen molar-refractivity contribution in [1.29, 1.82) is 0 Å². The minimum atomic E-state index is -0.165. The van der Waals surface area contributed by atoms with Gasteiger partial charge in [-0.05, 0) is 30.9 Å². The molecule has 0 radical (unpaired) electrons. The Hall–Kier alpha value is -2.70. The van der Waals surface area contributed by atoms with E-state index in [1.807, 2.05) is 6.07 Å². The molecule has 2 aromatic rings. The number of ether oxygens (including phenoxy) is 2. The number of urea groups is 1. The number of carbonyl (C=O) groups excluding carboxylic acids is 1. The fourth-order valence-electron chi connectivity index (χ4n) is 3.15. The number of hydrogen-bond acceptors (Lipinski definition) is 5. The van der Waals surface area contributed by atoms with Crippen LogP contribution in [0, 0.1) is 0 Å². The number of amides is 2. The van der Waals surface area contributed by atoms with Crippen molar-refractivity contribution < 1.29 is 18.8 Å². The third-order valence-corrected chi connectivity index (χ3v) is 4.62. The smallest absolute Gasteiger partial charge is 0.322 e. The van der Waals surface area contributed by atoms with Crippen molar-refractivity contribution >= 4 is 11.7 Å². The fraction of sp³-hybridized carbons (Fsp3) is 0.474. The van der Waals surface area contributed by atoms with Gasteiger partial charge >= 0.3 is 6.03 Å². The number of benzene rings is 1. The third-order valence-electron chi connectivity index (χ3n) is 4.62. The lowest BCUT2D eigenvalue weighted by Gasteiger charge is -2.23. The van der Waals surface area contributed by atoms with Gasteiger partial charge in [-0.15, -0.1) is 0 Å². The molecule has 1 N–H and O–H groups in total. The molecule has 7 heteroatoms. The summed E-state index contributed by atoms with van der Waals surface area (Å²) in [6.07, 6.45) is 1.80. The Morgan fingerprint density at radius 2 is 2.04 bits per heavy atom. The van der Waals surface area contributed by atoms with Gasteiger partial charge in [-0.25, -0.2) is 4.79 Å². The first-order valence-electron chi connectivity index (χ1n) is 8.79. The minimum absolute atomic E-state index is 0.0878. The summed E-state index contributed by atoms with van der Waals surface area (Å²) < 4.78 is 16.0. The number of anilines is 1. The Bertz CT molecular complexity index is 772. The maximum atomic E-state index is 12.8. The van der Waals surface area contributed by atoms with E-state index in [9.17, 15) is 4.79 Å². The van der Waals surface area contributed by atoms with Crippen molar-refractivity contribution in [3.05, 3.63) is 35.7 Å². The maximum Gasteiger partial charge on any atom is 0.322 e. The number of carbonyl (C=O) groups is 1. The highest BCUT2D eigenvalue weighted by atomic mass is 16.5. The Morgan fingerprint density at radius 1 is 1.27 bits per heavy atom. The van der Waals surface area contributed by atoms with Crippen LogP contribution in [0.15, 0.2) is 28.8 Å². The molecule has 0 aliphatic carbocycles. The Balaban J connectivity index is 1.74. The van der Waals surface area contributed by atoms with Gasteiger partial charge in [0, 0.05) is 24.4 Å². The van der Waals surface area contributed by atoms with E-state index in [1.165, 1.54) is 0 Å². The number of rotatable bonds is 5. The first kappa shape index (κ1) is 18.1. The van der Waals surface area contributed by atoms with Crippen LogP contribution in [0.25, 0.3) is 0 Å². The molecule has 1 saturated heterocycles. The zero-order valence-electron chi connectivity index (χ0n) is 15.6. The molecule has 3 rings (SSSR count). The van der Waals surface area contributed by atoms with Gasteiger partial charge < -0.3 is 24.2 Å². The van der Waals surface area contributed by atoms with Gasteiger partial charge in [0.05, 0.1) is 26.0 Å². The zero-order chi connectivity index (χ0) is 18.7. The average molecular weight is 359 g/mol. The topological polar surface area (TPSA) is 76.8 Å². The van der Waals surface area contributed by atoms with Gasteiger partial charge in [0.25, 0.3) is 0 Å². The van der Waals surface area contributed by atoms with Crippen LogP contribution in [0.5, 0.6) is 11.5 Å². The van der Waals surface area contributed by atoms with E-state index in [2.05, 4.69) is 24.3 Å². The normalized spacial score (nSPS) is 16.8. The van der Waals surface area contributed by atoms with Gasteiger partial charge in [0.15, 0.2) is 17.3 Å². The molecule has 1 aromatic carbocycles. The number of nitrogens with one attached hydrogen (secondary N) is 1. The quantitative estimate of drug-likeness (QED) is 0.866. The average Bonchev–Trinajstić information content (AvgIpc) is 3.30. The second-order valence-electron chi connectivity index (χ2n) is 6.66. The molecule has 0 saturated carbocycles. The Labute approximate surface area is 153 Å². The van der Waals surface area contributed by atoms with E-state index in [0.717, 1.165) is 24.3 Å². The predicted octanol–water partition coefficient (Wildman–Crippen LogP) is 4.18. The number of hydrogen-bond donors (Lipinski definition) is 1. The second-order valence-corrected chi connectivity index (χ2v) is 6.66. The van der Waals surface area contributed by atoms with Gasteiger partial charge in [0.2, 0.25) is 0 Å². The lowest BCUT2D eigenvalue weighted by Crippen LogP contribution is -2.34. The van der Waals surface area contributed by atoms with Gasteiger partial charge in [-0.1, -0.05) is 19.0 Å². The molecule has 2 heterocycles. The van der Waals surface area contributed by atoms with Gasteiger partial charge in [0.1, 0.15) is 0 Å². The zero-order valence-corrected chi connectivity index (χ0v) is 15.6. The largest absolute Gasteiger partial charge is 0.493 e. The molecular weight excluding hydrogens is 334 g/mol. The highest BCUT2D eigenvalue weighted by Crippen LogP contribution is 2.34. The Morgan fingerprint density at radius 3 is 2.69 bits per heavy atom. The molecule has 1 aliphatic rings. The van der Waals surface area contributed by atoms with Crippen LogP contribution in [-0.4, -0.2) is 36.9 Å².